The number of hydrogen-bond donors (Lipinski definition) is 5. The third kappa shape index (κ3) is 7.20. The predicted octanol–water partition coefficient (Wildman–Crippen LogP) is -0.624. The van der Waals surface area contributed by atoms with E-state index in [4.69, 9.17) is 21.1 Å². The zero-order chi connectivity index (χ0) is 14.1. The molecular formula is C11H16N2O5. The van der Waals surface area contributed by atoms with Crippen LogP contribution in [0.25, 0.3) is 0 Å². The van der Waals surface area contributed by atoms with Gasteiger partial charge in [-0.05, 0) is 24.1 Å². The van der Waals surface area contributed by atoms with Crippen molar-refractivity contribution in [2.75, 3.05) is 6.54 Å². The first kappa shape index (κ1) is 15.9. The largest absolute Gasteiger partial charge is 0.508 e. The van der Waals surface area contributed by atoms with E-state index in [0.717, 1.165) is 5.56 Å². The molecular weight excluding hydrogens is 240 g/mol. The van der Waals surface area contributed by atoms with Gasteiger partial charge in [0.15, 0.2) is 0 Å². The second kappa shape index (κ2) is 8.04. The lowest BCUT2D eigenvalue weighted by atomic mass is 10.1. The van der Waals surface area contributed by atoms with Crippen LogP contribution in [0.5, 0.6) is 5.75 Å². The number of carboxylic acid groups (broad SMARTS) is 2. The summed E-state index contributed by atoms with van der Waals surface area (Å²) in [6.45, 7) is -0.278. The Bertz CT molecular complexity index is 391. The normalized spacial score (nSPS) is 11.0. The minimum absolute atomic E-state index is 0.160. The quantitative estimate of drug-likeness (QED) is 0.482. The van der Waals surface area contributed by atoms with Crippen molar-refractivity contribution in [3.63, 3.8) is 0 Å². The predicted molar refractivity (Wildman–Crippen MR) is 64.1 cm³/mol. The molecule has 100 valence electrons. The lowest BCUT2D eigenvalue weighted by Crippen LogP contribution is -2.32. The van der Waals surface area contributed by atoms with Crippen molar-refractivity contribution in [2.45, 2.75) is 12.5 Å². The molecule has 0 aromatic heterocycles. The summed E-state index contributed by atoms with van der Waals surface area (Å²) >= 11 is 0. The molecule has 7 heteroatoms. The van der Waals surface area contributed by atoms with Gasteiger partial charge in [-0.25, -0.2) is 0 Å². The lowest BCUT2D eigenvalue weighted by molar-refractivity contribution is -0.138. The van der Waals surface area contributed by atoms with E-state index >= 15 is 0 Å². The molecule has 0 radical (unpaired) electrons. The van der Waals surface area contributed by atoms with E-state index in [2.05, 4.69) is 5.73 Å². The van der Waals surface area contributed by atoms with Gasteiger partial charge >= 0.3 is 11.9 Å². The Morgan fingerprint density at radius 3 is 1.94 bits per heavy atom. The summed E-state index contributed by atoms with van der Waals surface area (Å²) in [6, 6.07) is 5.42. The molecule has 0 saturated heterocycles. The molecule has 1 aromatic rings. The summed E-state index contributed by atoms with van der Waals surface area (Å²) in [4.78, 5) is 19.6. The second-order valence-electron chi connectivity index (χ2n) is 3.41. The standard InChI is InChI=1S/C9H11NO3.C2H5NO2/c10-8(9(12)13)5-6-1-3-7(11)4-2-6;3-1-2(4)5/h1-4,8,11H,5,10H2,(H,12,13);1,3H2,(H,4,5)/t8-;/m1./s1. The number of rotatable bonds is 4. The third-order valence-corrected chi connectivity index (χ3v) is 1.88. The first-order chi connectivity index (χ1) is 8.36. The lowest BCUT2D eigenvalue weighted by Gasteiger charge is -2.05. The Labute approximate surface area is 104 Å². The minimum Gasteiger partial charge on any atom is -0.508 e. The van der Waals surface area contributed by atoms with Crippen LogP contribution in [0.1, 0.15) is 5.56 Å². The number of aromatic hydroxyl groups is 1. The molecule has 0 amide bonds. The van der Waals surface area contributed by atoms with Crippen molar-refractivity contribution in [1.82, 2.24) is 0 Å². The van der Waals surface area contributed by atoms with Gasteiger partial charge in [0.25, 0.3) is 0 Å². The van der Waals surface area contributed by atoms with E-state index in [1.165, 1.54) is 12.1 Å². The fourth-order valence-corrected chi connectivity index (χ4v) is 0.973. The highest BCUT2D eigenvalue weighted by molar-refractivity contribution is 5.73. The van der Waals surface area contributed by atoms with Crippen LogP contribution >= 0.6 is 0 Å². The van der Waals surface area contributed by atoms with Gasteiger partial charge in [-0.15, -0.1) is 0 Å². The van der Waals surface area contributed by atoms with Gasteiger partial charge in [0.05, 0.1) is 6.54 Å². The smallest absolute Gasteiger partial charge is 0.320 e. The van der Waals surface area contributed by atoms with Crippen molar-refractivity contribution < 1.29 is 24.9 Å². The number of phenols is 1. The Morgan fingerprint density at radius 1 is 1.17 bits per heavy atom. The number of carboxylic acids is 2. The van der Waals surface area contributed by atoms with Crippen LogP contribution in [0, 0.1) is 0 Å². The first-order valence-corrected chi connectivity index (χ1v) is 5.05. The van der Waals surface area contributed by atoms with Crippen LogP contribution < -0.4 is 11.5 Å². The van der Waals surface area contributed by atoms with Gasteiger partial charge < -0.3 is 26.8 Å². The molecule has 0 spiro atoms. The summed E-state index contributed by atoms with van der Waals surface area (Å²) in [5.74, 6) is -1.83. The monoisotopic (exact) mass is 256 g/mol. The highest BCUT2D eigenvalue weighted by atomic mass is 16.4. The van der Waals surface area contributed by atoms with Gasteiger partial charge in [0.2, 0.25) is 0 Å². The van der Waals surface area contributed by atoms with Crippen molar-refractivity contribution in [2.24, 2.45) is 11.5 Å². The van der Waals surface area contributed by atoms with Crippen LogP contribution in [-0.4, -0.2) is 39.8 Å². The fraction of sp³-hybridized carbons (Fsp3) is 0.273. The summed E-state index contributed by atoms with van der Waals surface area (Å²) in [7, 11) is 0. The van der Waals surface area contributed by atoms with Crippen LogP contribution in [0.4, 0.5) is 0 Å². The Hall–Kier alpha value is -2.12. The molecule has 0 saturated carbocycles. The van der Waals surface area contributed by atoms with Crippen molar-refractivity contribution in [1.29, 1.82) is 0 Å². The number of nitrogens with two attached hydrogens (primary N) is 2. The van der Waals surface area contributed by atoms with Gasteiger partial charge in [0.1, 0.15) is 11.8 Å². The van der Waals surface area contributed by atoms with E-state index in [9.17, 15) is 9.59 Å². The maximum Gasteiger partial charge on any atom is 0.320 e. The van der Waals surface area contributed by atoms with Gasteiger partial charge in [-0.3, -0.25) is 9.59 Å². The fourth-order valence-electron chi connectivity index (χ4n) is 0.973. The molecule has 0 unspecified atom stereocenters. The molecule has 1 atom stereocenters. The van der Waals surface area contributed by atoms with Gasteiger partial charge in [-0.1, -0.05) is 12.1 Å². The van der Waals surface area contributed by atoms with Crippen molar-refractivity contribution in [3.05, 3.63) is 29.8 Å². The maximum atomic E-state index is 10.4. The maximum absolute atomic E-state index is 10.4. The van der Waals surface area contributed by atoms with E-state index in [1.807, 2.05) is 0 Å². The second-order valence-corrected chi connectivity index (χ2v) is 3.41. The zero-order valence-corrected chi connectivity index (χ0v) is 9.61. The number of hydrogen-bond acceptors (Lipinski definition) is 5. The zero-order valence-electron chi connectivity index (χ0n) is 9.61. The SMILES string of the molecule is NCC(=O)O.N[C@H](Cc1ccc(O)cc1)C(=O)O. The Balaban J connectivity index is 0.000000494. The third-order valence-electron chi connectivity index (χ3n) is 1.88. The summed E-state index contributed by atoms with van der Waals surface area (Å²) < 4.78 is 0. The highest BCUT2D eigenvalue weighted by Gasteiger charge is 2.11. The molecule has 7 N–H and O–H groups in total. The van der Waals surface area contributed by atoms with E-state index in [-0.39, 0.29) is 18.7 Å². The minimum atomic E-state index is -1.02. The Kier molecular flexibility index (Phi) is 7.10. The van der Waals surface area contributed by atoms with E-state index < -0.39 is 18.0 Å². The van der Waals surface area contributed by atoms with Crippen molar-refractivity contribution >= 4 is 11.9 Å². The van der Waals surface area contributed by atoms with E-state index in [1.54, 1.807) is 12.1 Å². The molecule has 0 fully saturated rings. The van der Waals surface area contributed by atoms with Gasteiger partial charge in [-0.2, -0.15) is 0 Å². The first-order valence-electron chi connectivity index (χ1n) is 5.05. The van der Waals surface area contributed by atoms with Crippen LogP contribution in [0.15, 0.2) is 24.3 Å². The molecule has 0 heterocycles. The molecule has 0 aliphatic rings. The molecule has 18 heavy (non-hydrogen) atoms. The number of phenolic OH excluding ortho intramolecular Hbond substituents is 1. The Morgan fingerprint density at radius 2 is 1.61 bits per heavy atom. The molecule has 1 aromatic carbocycles. The summed E-state index contributed by atoms with van der Waals surface area (Å²) in [5, 5.41) is 25.1. The summed E-state index contributed by atoms with van der Waals surface area (Å²) in [6.07, 6.45) is 0.273. The average Bonchev–Trinajstić information content (AvgIpc) is 2.32. The number of benzene rings is 1. The average molecular weight is 256 g/mol. The van der Waals surface area contributed by atoms with Crippen LogP contribution in [0.2, 0.25) is 0 Å². The van der Waals surface area contributed by atoms with Crippen molar-refractivity contribution in [3.8, 4) is 5.75 Å². The molecule has 7 nitrogen and oxygen atoms in total. The van der Waals surface area contributed by atoms with Crippen LogP contribution in [0.3, 0.4) is 0 Å². The number of carbonyl (C=O) groups is 2. The topological polar surface area (TPSA) is 147 Å². The molecule has 0 aliphatic heterocycles. The highest BCUT2D eigenvalue weighted by Crippen LogP contribution is 2.10. The van der Waals surface area contributed by atoms with E-state index in [0.29, 0.717) is 0 Å². The summed E-state index contributed by atoms with van der Waals surface area (Å²) in [5.41, 5.74) is 10.7. The van der Waals surface area contributed by atoms with Gasteiger partial charge in [0, 0.05) is 0 Å². The van der Waals surface area contributed by atoms with Crippen LogP contribution in [-0.2, 0) is 16.0 Å². The molecule has 0 bridgehead atoms. The number of aliphatic carboxylic acids is 2. The molecule has 0 aliphatic carbocycles. The molecule has 1 rings (SSSR count).